The predicted molar refractivity (Wildman–Crippen MR) is 120 cm³/mol. The number of hydrogen-bond donors (Lipinski definition) is 1. The minimum atomic E-state index is -3.63. The number of nitrogens with one attached hydrogen (secondary N) is 1. The third kappa shape index (κ3) is 5.21. The van der Waals surface area contributed by atoms with Gasteiger partial charge in [0.15, 0.2) is 0 Å². The number of nitrogens with zero attached hydrogens (tertiary/aromatic N) is 3. The van der Waals surface area contributed by atoms with Gasteiger partial charge >= 0.3 is 0 Å². The first-order valence-electron chi connectivity index (χ1n) is 10.4. The molecule has 1 aromatic heterocycles. The highest BCUT2D eigenvalue weighted by molar-refractivity contribution is 7.94. The van der Waals surface area contributed by atoms with E-state index in [1.54, 1.807) is 41.8 Å². The molecule has 0 bridgehead atoms. The van der Waals surface area contributed by atoms with Gasteiger partial charge in [0, 0.05) is 50.5 Å². The summed E-state index contributed by atoms with van der Waals surface area (Å²) < 4.78 is 27.7. The molecule has 1 aromatic carbocycles. The smallest absolute Gasteiger partial charge is 0.271 e. The Balaban J connectivity index is 1.32. The van der Waals surface area contributed by atoms with Crippen molar-refractivity contribution in [3.8, 4) is 0 Å². The summed E-state index contributed by atoms with van der Waals surface area (Å²) in [5.74, 6) is -0.0497. The first-order valence-corrected chi connectivity index (χ1v) is 12.8. The van der Waals surface area contributed by atoms with Crippen LogP contribution in [-0.2, 0) is 10.0 Å². The van der Waals surface area contributed by atoms with Crippen molar-refractivity contribution in [1.82, 2.24) is 14.7 Å². The molecule has 3 heterocycles. The summed E-state index contributed by atoms with van der Waals surface area (Å²) in [4.78, 5) is 19.7. The fourth-order valence-corrected chi connectivity index (χ4v) is 6.03. The predicted octanol–water partition coefficient (Wildman–Crippen LogP) is 2.40. The molecular weight excluding hydrogens is 420 g/mol. The first-order chi connectivity index (χ1) is 14.5. The Kier molecular flexibility index (Phi) is 6.72. The fraction of sp³-hybridized carbons (Fsp3) is 0.476. The van der Waals surface area contributed by atoms with Crippen LogP contribution >= 0.6 is 11.3 Å². The van der Waals surface area contributed by atoms with Crippen LogP contribution in [0.4, 0.5) is 5.69 Å². The van der Waals surface area contributed by atoms with Gasteiger partial charge in [0.2, 0.25) is 0 Å². The summed E-state index contributed by atoms with van der Waals surface area (Å²) in [6, 6.07) is 10.00. The molecule has 2 fully saturated rings. The van der Waals surface area contributed by atoms with E-state index in [0.717, 1.165) is 37.5 Å². The zero-order chi connectivity index (χ0) is 21.0. The monoisotopic (exact) mass is 448 g/mol. The van der Waals surface area contributed by atoms with E-state index in [1.165, 1.54) is 25.9 Å². The molecule has 4 rings (SSSR count). The van der Waals surface area contributed by atoms with Gasteiger partial charge in [-0.1, -0.05) is 12.1 Å². The van der Waals surface area contributed by atoms with Gasteiger partial charge in [-0.25, -0.2) is 8.42 Å². The van der Waals surface area contributed by atoms with Crippen LogP contribution < -0.4 is 4.72 Å². The maximum atomic E-state index is 12.9. The molecule has 0 saturated carbocycles. The van der Waals surface area contributed by atoms with E-state index in [-0.39, 0.29) is 10.1 Å². The number of carbonyl (C=O) groups excluding carboxylic acids is 1. The zero-order valence-electron chi connectivity index (χ0n) is 17.0. The van der Waals surface area contributed by atoms with Crippen molar-refractivity contribution < 1.29 is 13.2 Å². The zero-order valence-corrected chi connectivity index (χ0v) is 18.6. The van der Waals surface area contributed by atoms with Crippen molar-refractivity contribution in [2.45, 2.75) is 17.1 Å². The number of piperazine rings is 1. The fourth-order valence-electron chi connectivity index (χ4n) is 3.98. The Morgan fingerprint density at radius 2 is 1.63 bits per heavy atom. The molecule has 0 radical (unpaired) electrons. The minimum Gasteiger partial charge on any atom is -0.336 e. The Labute approximate surface area is 182 Å². The molecule has 0 spiro atoms. The minimum absolute atomic E-state index is 0.0497. The molecule has 162 valence electrons. The quantitative estimate of drug-likeness (QED) is 0.704. The molecular formula is C21H28N4O3S2. The maximum absolute atomic E-state index is 12.9. The highest BCUT2D eigenvalue weighted by atomic mass is 32.2. The normalized spacial score (nSPS) is 18.6. The summed E-state index contributed by atoms with van der Waals surface area (Å²) >= 11 is 1.16. The Morgan fingerprint density at radius 3 is 2.30 bits per heavy atom. The van der Waals surface area contributed by atoms with Gasteiger partial charge in [0.05, 0.1) is 0 Å². The summed E-state index contributed by atoms with van der Waals surface area (Å²) in [7, 11) is -3.63. The second-order valence-corrected chi connectivity index (χ2v) is 10.7. The number of rotatable bonds is 7. The number of benzene rings is 1. The average molecular weight is 449 g/mol. The first kappa shape index (κ1) is 21.3. The van der Waals surface area contributed by atoms with Crippen LogP contribution in [0.15, 0.2) is 46.0 Å². The third-order valence-corrected chi connectivity index (χ3v) is 8.49. The van der Waals surface area contributed by atoms with Crippen molar-refractivity contribution >= 4 is 33.0 Å². The summed E-state index contributed by atoms with van der Waals surface area (Å²) in [6.07, 6.45) is 2.62. The van der Waals surface area contributed by atoms with Crippen molar-refractivity contribution in [3.05, 3.63) is 47.3 Å². The number of anilines is 1. The van der Waals surface area contributed by atoms with E-state index in [0.29, 0.717) is 24.3 Å². The van der Waals surface area contributed by atoms with Crippen LogP contribution in [0.3, 0.4) is 0 Å². The van der Waals surface area contributed by atoms with Crippen LogP contribution in [0.1, 0.15) is 23.2 Å². The van der Waals surface area contributed by atoms with Crippen LogP contribution in [0.2, 0.25) is 0 Å². The summed E-state index contributed by atoms with van der Waals surface area (Å²) in [5.41, 5.74) is 0.908. The molecule has 0 atom stereocenters. The number of thiophene rings is 1. The average Bonchev–Trinajstić information content (AvgIpc) is 3.46. The van der Waals surface area contributed by atoms with Crippen molar-refractivity contribution in [2.75, 3.05) is 57.1 Å². The molecule has 30 heavy (non-hydrogen) atoms. The molecule has 2 aliphatic heterocycles. The largest absolute Gasteiger partial charge is 0.336 e. The second-order valence-electron chi connectivity index (χ2n) is 7.80. The van der Waals surface area contributed by atoms with E-state index in [9.17, 15) is 13.2 Å². The highest BCUT2D eigenvalue weighted by Crippen LogP contribution is 2.21. The van der Waals surface area contributed by atoms with Crippen LogP contribution in [0.5, 0.6) is 0 Å². The second kappa shape index (κ2) is 9.47. The van der Waals surface area contributed by atoms with E-state index in [4.69, 9.17) is 0 Å². The number of sulfonamides is 1. The lowest BCUT2D eigenvalue weighted by Gasteiger charge is -2.35. The molecule has 0 aliphatic carbocycles. The SMILES string of the molecule is O=C(c1cccc(NS(=O)(=O)c2cccs2)c1)N1CCN(CCN2CCCC2)CC1. The third-order valence-electron chi connectivity index (χ3n) is 5.71. The van der Waals surface area contributed by atoms with E-state index < -0.39 is 10.0 Å². The van der Waals surface area contributed by atoms with Gasteiger partial charge in [0.25, 0.3) is 15.9 Å². The van der Waals surface area contributed by atoms with Gasteiger partial charge in [-0.05, 0) is 55.6 Å². The van der Waals surface area contributed by atoms with Crippen molar-refractivity contribution in [3.63, 3.8) is 0 Å². The molecule has 7 nitrogen and oxygen atoms in total. The van der Waals surface area contributed by atoms with Crippen molar-refractivity contribution in [2.24, 2.45) is 0 Å². The Morgan fingerprint density at radius 1 is 0.933 bits per heavy atom. The molecule has 9 heteroatoms. The summed E-state index contributed by atoms with van der Waals surface area (Å²) in [5, 5.41) is 1.72. The molecule has 0 unspecified atom stereocenters. The summed E-state index contributed by atoms with van der Waals surface area (Å²) in [6.45, 7) is 7.75. The number of likely N-dealkylation sites (tertiary alicyclic amines) is 1. The van der Waals surface area contributed by atoms with Gasteiger partial charge in [0.1, 0.15) is 4.21 Å². The van der Waals surface area contributed by atoms with Crippen LogP contribution in [0, 0.1) is 0 Å². The van der Waals surface area contributed by atoms with E-state index >= 15 is 0 Å². The van der Waals surface area contributed by atoms with Crippen molar-refractivity contribution in [1.29, 1.82) is 0 Å². The maximum Gasteiger partial charge on any atom is 0.271 e. The standard InChI is InChI=1S/C21H28N4O3S2/c26-21(25-14-12-24(13-15-25)11-10-23-8-1-2-9-23)18-5-3-6-19(17-18)22-30(27,28)20-7-4-16-29-20/h3-7,16-17,22H,1-2,8-15H2. The number of amides is 1. The van der Waals surface area contributed by atoms with Gasteiger partial charge < -0.3 is 9.80 Å². The molecule has 1 N–H and O–H groups in total. The highest BCUT2D eigenvalue weighted by Gasteiger charge is 2.23. The molecule has 2 saturated heterocycles. The molecule has 2 aromatic rings. The van der Waals surface area contributed by atoms with Gasteiger partial charge in [-0.15, -0.1) is 11.3 Å². The molecule has 2 aliphatic rings. The Bertz CT molecular complexity index is 948. The Hall–Kier alpha value is -1.94. The lowest BCUT2D eigenvalue weighted by molar-refractivity contribution is 0.0626. The lowest BCUT2D eigenvalue weighted by Crippen LogP contribution is -2.50. The van der Waals surface area contributed by atoms with Gasteiger partial charge in [-0.2, -0.15) is 0 Å². The topological polar surface area (TPSA) is 73.0 Å². The van der Waals surface area contributed by atoms with Crippen LogP contribution in [-0.4, -0.2) is 81.4 Å². The number of hydrogen-bond acceptors (Lipinski definition) is 6. The van der Waals surface area contributed by atoms with Crippen LogP contribution in [0.25, 0.3) is 0 Å². The molecule has 1 amide bonds. The lowest BCUT2D eigenvalue weighted by atomic mass is 10.1. The number of carbonyl (C=O) groups is 1. The van der Waals surface area contributed by atoms with E-state index in [1.807, 2.05) is 4.90 Å². The van der Waals surface area contributed by atoms with Gasteiger partial charge in [-0.3, -0.25) is 14.4 Å². The van der Waals surface area contributed by atoms with E-state index in [2.05, 4.69) is 14.5 Å².